The molecule has 0 atom stereocenters. The third-order valence-corrected chi connectivity index (χ3v) is 0.333. The Balaban J connectivity index is 0. The molecule has 6 heavy (non-hydrogen) atoms. The van der Waals surface area contributed by atoms with Crippen LogP contribution in [-0.4, -0.2) is 16.7 Å². The summed E-state index contributed by atoms with van der Waals surface area (Å²) in [7, 11) is 0. The average molecular weight is 108 g/mol. The van der Waals surface area contributed by atoms with Crippen molar-refractivity contribution in [3.8, 4) is 0 Å². The predicted molar refractivity (Wildman–Crippen MR) is 24.7 cm³/mol. The van der Waals surface area contributed by atoms with Gasteiger partial charge in [-0.05, 0) is 11.8 Å². The van der Waals surface area contributed by atoms with E-state index >= 15 is 0 Å². The van der Waals surface area contributed by atoms with Crippen LogP contribution in [0.25, 0.3) is 0 Å². The summed E-state index contributed by atoms with van der Waals surface area (Å²) in [5, 5.41) is 0. The number of thioether (sulfide) groups is 1. The molecule has 0 spiro atoms. The Kier molecular flexibility index (Phi) is 13.5. The van der Waals surface area contributed by atoms with E-state index in [2.05, 4.69) is 0 Å². The smallest absolute Gasteiger partial charge is 0.183 e. The fourth-order valence-electron chi connectivity index (χ4n) is 0.0227. The van der Waals surface area contributed by atoms with E-state index in [1.165, 1.54) is 0 Å². The van der Waals surface area contributed by atoms with Gasteiger partial charge < -0.3 is 5.48 Å². The van der Waals surface area contributed by atoms with E-state index in [1.54, 1.807) is 0 Å². The highest BCUT2D eigenvalue weighted by Gasteiger charge is 1.64. The minimum atomic E-state index is 0. The molecule has 0 bridgehead atoms. The number of hydrogen-bond acceptors (Lipinski definition) is 3. The first-order valence-electron chi connectivity index (χ1n) is 0.943. The van der Waals surface area contributed by atoms with Crippen LogP contribution in [-0.2, 0) is 9.59 Å². The summed E-state index contributed by atoms with van der Waals surface area (Å²) >= 11 is 0.602. The standard InChI is InChI=1S/C2H2O2S.H2O/c3-1-5-2-4;/h1-2H;1H2. The minimum absolute atomic E-state index is 0. The van der Waals surface area contributed by atoms with Gasteiger partial charge in [-0.25, -0.2) is 0 Å². The highest BCUT2D eigenvalue weighted by Crippen LogP contribution is 1.77. The average Bonchev–Trinajstić information content (AvgIpc) is 1.41. The normalized spacial score (nSPS) is 5.33. The molecule has 0 amide bonds. The maximum absolute atomic E-state index is 9.14. The van der Waals surface area contributed by atoms with E-state index in [-0.39, 0.29) is 5.48 Å². The van der Waals surface area contributed by atoms with Crippen LogP contribution in [0.4, 0.5) is 0 Å². The van der Waals surface area contributed by atoms with Crippen molar-refractivity contribution in [2.75, 3.05) is 0 Å². The summed E-state index contributed by atoms with van der Waals surface area (Å²) in [4.78, 5) is 18.3. The Morgan fingerprint density at radius 1 is 1.17 bits per heavy atom. The molecule has 4 heteroatoms. The molecular weight excluding hydrogens is 104 g/mol. The van der Waals surface area contributed by atoms with Crippen molar-refractivity contribution in [3.05, 3.63) is 0 Å². The Bertz CT molecular complexity index is 38.1. The van der Waals surface area contributed by atoms with Crippen molar-refractivity contribution < 1.29 is 15.1 Å². The highest BCUT2D eigenvalue weighted by molar-refractivity contribution is 8.23. The molecule has 0 saturated carbocycles. The van der Waals surface area contributed by atoms with Crippen molar-refractivity contribution >= 4 is 23.0 Å². The Hall–Kier alpha value is -0.350. The van der Waals surface area contributed by atoms with Crippen molar-refractivity contribution in [2.24, 2.45) is 0 Å². The molecule has 3 nitrogen and oxygen atoms in total. The molecule has 0 unspecified atom stereocenters. The second-order valence-corrected chi connectivity index (χ2v) is 0.986. The molecule has 0 aliphatic heterocycles. The van der Waals surface area contributed by atoms with E-state index in [4.69, 9.17) is 9.59 Å². The van der Waals surface area contributed by atoms with Crippen LogP contribution in [0.1, 0.15) is 0 Å². The molecule has 0 rings (SSSR count). The van der Waals surface area contributed by atoms with Gasteiger partial charge in [-0.1, -0.05) is 0 Å². The second-order valence-electron chi connectivity index (χ2n) is 0.329. The van der Waals surface area contributed by atoms with Crippen molar-refractivity contribution in [3.63, 3.8) is 0 Å². The van der Waals surface area contributed by atoms with Gasteiger partial charge in [0.1, 0.15) is 0 Å². The van der Waals surface area contributed by atoms with Crippen molar-refractivity contribution in [1.82, 2.24) is 0 Å². The van der Waals surface area contributed by atoms with Gasteiger partial charge >= 0.3 is 0 Å². The Morgan fingerprint density at radius 2 is 1.50 bits per heavy atom. The largest absolute Gasteiger partial charge is 0.412 e. The second kappa shape index (κ2) is 8.82. The zero-order valence-corrected chi connectivity index (χ0v) is 3.70. The lowest BCUT2D eigenvalue weighted by Crippen LogP contribution is -1.54. The maximum Gasteiger partial charge on any atom is 0.183 e. The van der Waals surface area contributed by atoms with Crippen LogP contribution in [0.15, 0.2) is 0 Å². The van der Waals surface area contributed by atoms with Crippen molar-refractivity contribution in [1.29, 1.82) is 0 Å². The van der Waals surface area contributed by atoms with E-state index in [9.17, 15) is 0 Å². The lowest BCUT2D eigenvalue weighted by Gasteiger charge is -1.54. The molecule has 0 aromatic carbocycles. The zero-order chi connectivity index (χ0) is 4.12. The first-order chi connectivity index (χ1) is 2.41. The molecule has 0 fully saturated rings. The first kappa shape index (κ1) is 9.17. The molecule has 0 aliphatic rings. The van der Waals surface area contributed by atoms with Gasteiger partial charge in [-0.2, -0.15) is 0 Å². The van der Waals surface area contributed by atoms with Gasteiger partial charge in [-0.15, -0.1) is 0 Å². The maximum atomic E-state index is 9.14. The molecule has 0 aromatic rings. The van der Waals surface area contributed by atoms with Gasteiger partial charge in [0.15, 0.2) is 11.2 Å². The van der Waals surface area contributed by atoms with E-state index in [0.717, 1.165) is 0 Å². The first-order valence-corrected chi connectivity index (χ1v) is 1.89. The third-order valence-electron chi connectivity index (χ3n) is 0.111. The lowest BCUT2D eigenvalue weighted by atomic mass is 11.8. The summed E-state index contributed by atoms with van der Waals surface area (Å²) in [6.45, 7) is 0. The summed E-state index contributed by atoms with van der Waals surface area (Å²) in [5.74, 6) is 0. The summed E-state index contributed by atoms with van der Waals surface area (Å²) in [5.41, 5.74) is 0.958. The molecular formula is C2H4O3S. The lowest BCUT2D eigenvalue weighted by molar-refractivity contribution is 0.567. The predicted octanol–water partition coefficient (Wildman–Crippen LogP) is -0.725. The Morgan fingerprint density at radius 3 is 1.50 bits per heavy atom. The molecule has 0 aromatic heterocycles. The van der Waals surface area contributed by atoms with Gasteiger partial charge in [0.2, 0.25) is 0 Å². The number of carbonyl (C=O) groups is 2. The van der Waals surface area contributed by atoms with Crippen LogP contribution in [0.2, 0.25) is 0 Å². The Labute approximate surface area is 39.0 Å². The third kappa shape index (κ3) is 9.41. The fourth-order valence-corrected chi connectivity index (χ4v) is 0.0680. The van der Waals surface area contributed by atoms with E-state index in [1.807, 2.05) is 0 Å². The molecule has 0 saturated heterocycles. The number of hydrogen-bond donors (Lipinski definition) is 0. The summed E-state index contributed by atoms with van der Waals surface area (Å²) in [6, 6.07) is 0. The van der Waals surface area contributed by atoms with E-state index < -0.39 is 0 Å². The van der Waals surface area contributed by atoms with Crippen LogP contribution in [0.3, 0.4) is 0 Å². The zero-order valence-electron chi connectivity index (χ0n) is 2.88. The molecule has 0 aliphatic carbocycles. The van der Waals surface area contributed by atoms with Gasteiger partial charge in [0, 0.05) is 0 Å². The molecule has 0 radical (unpaired) electrons. The number of carbonyl (C=O) groups excluding carboxylic acids is 2. The van der Waals surface area contributed by atoms with E-state index in [0.29, 0.717) is 23.0 Å². The van der Waals surface area contributed by atoms with Gasteiger partial charge in [0.25, 0.3) is 0 Å². The molecule has 2 N–H and O–H groups in total. The summed E-state index contributed by atoms with van der Waals surface area (Å²) in [6.07, 6.45) is 0. The fraction of sp³-hybridized carbons (Fsp3) is 0. The van der Waals surface area contributed by atoms with Crippen molar-refractivity contribution in [2.45, 2.75) is 0 Å². The molecule has 36 valence electrons. The summed E-state index contributed by atoms with van der Waals surface area (Å²) < 4.78 is 0. The van der Waals surface area contributed by atoms with Crippen LogP contribution < -0.4 is 0 Å². The topological polar surface area (TPSA) is 65.6 Å². The quantitative estimate of drug-likeness (QED) is 0.438. The minimum Gasteiger partial charge on any atom is -0.412 e. The molecule has 0 heterocycles. The van der Waals surface area contributed by atoms with Crippen LogP contribution in [0.5, 0.6) is 0 Å². The van der Waals surface area contributed by atoms with Gasteiger partial charge in [0.05, 0.1) is 0 Å². The van der Waals surface area contributed by atoms with Crippen LogP contribution >= 0.6 is 11.8 Å². The number of rotatable bonds is 2. The highest BCUT2D eigenvalue weighted by atomic mass is 32.2. The van der Waals surface area contributed by atoms with Crippen LogP contribution in [0, 0.1) is 0 Å². The van der Waals surface area contributed by atoms with Gasteiger partial charge in [-0.3, -0.25) is 9.59 Å². The monoisotopic (exact) mass is 108 g/mol. The SMILES string of the molecule is O.O=CSC=O.